The first kappa shape index (κ1) is 9.95. The van der Waals surface area contributed by atoms with E-state index in [4.69, 9.17) is 0 Å². The van der Waals surface area contributed by atoms with E-state index in [2.05, 4.69) is 38.1 Å². The van der Waals surface area contributed by atoms with E-state index in [0.717, 1.165) is 0 Å². The molecule has 0 spiro atoms. The average molecular weight is 248 g/mol. The lowest BCUT2D eigenvalue weighted by molar-refractivity contribution is 0.867. The number of hydrogen-bond donors (Lipinski definition) is 0. The molecule has 1 heteroatoms. The van der Waals surface area contributed by atoms with E-state index in [0.29, 0.717) is 5.92 Å². The average Bonchev–Trinajstić information content (AvgIpc) is 1.90. The SMILES string of the molecule is CC(C)c1ccccc1.I. The minimum Gasteiger partial charge on any atom is -0.107 e. The molecule has 0 aliphatic heterocycles. The van der Waals surface area contributed by atoms with Crippen molar-refractivity contribution in [2.24, 2.45) is 0 Å². The van der Waals surface area contributed by atoms with E-state index >= 15 is 0 Å². The molecule has 0 amide bonds. The number of benzene rings is 1. The molecule has 0 saturated heterocycles. The van der Waals surface area contributed by atoms with Crippen molar-refractivity contribution < 1.29 is 0 Å². The van der Waals surface area contributed by atoms with Crippen molar-refractivity contribution in [3.8, 4) is 0 Å². The van der Waals surface area contributed by atoms with Crippen LogP contribution in [0.1, 0.15) is 25.3 Å². The minimum atomic E-state index is 0. The van der Waals surface area contributed by atoms with Crippen molar-refractivity contribution in [2.45, 2.75) is 19.8 Å². The van der Waals surface area contributed by atoms with Gasteiger partial charge in [0.2, 0.25) is 0 Å². The zero-order valence-corrected chi connectivity index (χ0v) is 8.70. The summed E-state index contributed by atoms with van der Waals surface area (Å²) in [6.45, 7) is 4.41. The van der Waals surface area contributed by atoms with Gasteiger partial charge < -0.3 is 0 Å². The standard InChI is InChI=1S/C9H12.HI/c1-8(2)9-6-4-3-5-7-9;/h3-8H,1-2H3;1H. The third kappa shape index (κ3) is 2.69. The Labute approximate surface area is 79.7 Å². The molecule has 0 aliphatic carbocycles. The first-order chi connectivity index (χ1) is 4.30. The highest BCUT2D eigenvalue weighted by atomic mass is 127. The molecule has 1 aromatic rings. The molecule has 0 fully saturated rings. The van der Waals surface area contributed by atoms with Crippen molar-refractivity contribution >= 4 is 24.0 Å². The van der Waals surface area contributed by atoms with Crippen molar-refractivity contribution in [2.75, 3.05) is 0 Å². The molecule has 1 rings (SSSR count). The summed E-state index contributed by atoms with van der Waals surface area (Å²) in [5.41, 5.74) is 1.41. The molecule has 0 unspecified atom stereocenters. The maximum absolute atomic E-state index is 2.20. The Balaban J connectivity index is 0.000000810. The van der Waals surface area contributed by atoms with Crippen LogP contribution in [0, 0.1) is 0 Å². The van der Waals surface area contributed by atoms with Gasteiger partial charge >= 0.3 is 0 Å². The summed E-state index contributed by atoms with van der Waals surface area (Å²) in [5, 5.41) is 0. The first-order valence-electron chi connectivity index (χ1n) is 3.35. The van der Waals surface area contributed by atoms with Crippen LogP contribution >= 0.6 is 24.0 Å². The van der Waals surface area contributed by atoms with Gasteiger partial charge in [0.15, 0.2) is 0 Å². The summed E-state index contributed by atoms with van der Waals surface area (Å²) in [6.07, 6.45) is 0. The van der Waals surface area contributed by atoms with E-state index in [1.54, 1.807) is 0 Å². The second-order valence-corrected chi connectivity index (χ2v) is 2.57. The Kier molecular flexibility index (Phi) is 4.69. The Hall–Kier alpha value is -0.0500. The predicted molar refractivity (Wildman–Crippen MR) is 55.9 cm³/mol. The first-order valence-corrected chi connectivity index (χ1v) is 3.35. The second-order valence-electron chi connectivity index (χ2n) is 2.57. The predicted octanol–water partition coefficient (Wildman–Crippen LogP) is 3.43. The lowest BCUT2D eigenvalue weighted by atomic mass is 10.0. The highest BCUT2D eigenvalue weighted by Gasteiger charge is 1.93. The van der Waals surface area contributed by atoms with E-state index in [1.165, 1.54) is 5.56 Å². The van der Waals surface area contributed by atoms with Gasteiger partial charge in [-0.25, -0.2) is 0 Å². The zero-order chi connectivity index (χ0) is 6.69. The lowest BCUT2D eigenvalue weighted by Gasteiger charge is -2.01. The van der Waals surface area contributed by atoms with Crippen LogP contribution in [0.15, 0.2) is 30.3 Å². The van der Waals surface area contributed by atoms with Gasteiger partial charge in [0.1, 0.15) is 0 Å². The molecule has 0 nitrogen and oxygen atoms in total. The van der Waals surface area contributed by atoms with Crippen molar-refractivity contribution in [3.05, 3.63) is 35.9 Å². The summed E-state index contributed by atoms with van der Waals surface area (Å²) >= 11 is 0. The third-order valence-electron chi connectivity index (χ3n) is 1.47. The molecule has 0 aromatic heterocycles. The summed E-state index contributed by atoms with van der Waals surface area (Å²) < 4.78 is 0. The summed E-state index contributed by atoms with van der Waals surface area (Å²) in [7, 11) is 0. The van der Waals surface area contributed by atoms with Gasteiger partial charge in [0.05, 0.1) is 0 Å². The van der Waals surface area contributed by atoms with Crippen LogP contribution in [0.2, 0.25) is 0 Å². The number of hydrogen-bond acceptors (Lipinski definition) is 0. The summed E-state index contributed by atoms with van der Waals surface area (Å²) in [4.78, 5) is 0. The molecule has 0 saturated carbocycles. The molecule has 10 heavy (non-hydrogen) atoms. The number of rotatable bonds is 1. The monoisotopic (exact) mass is 248 g/mol. The van der Waals surface area contributed by atoms with Gasteiger partial charge in [-0.05, 0) is 11.5 Å². The van der Waals surface area contributed by atoms with Gasteiger partial charge in [-0.2, -0.15) is 0 Å². The second kappa shape index (κ2) is 4.72. The van der Waals surface area contributed by atoms with Gasteiger partial charge in [-0.1, -0.05) is 44.2 Å². The van der Waals surface area contributed by atoms with Crippen molar-refractivity contribution in [3.63, 3.8) is 0 Å². The Morgan fingerprint density at radius 2 is 1.50 bits per heavy atom. The van der Waals surface area contributed by atoms with Gasteiger partial charge in [0, 0.05) is 0 Å². The van der Waals surface area contributed by atoms with Crippen LogP contribution in [0.5, 0.6) is 0 Å². The Bertz CT molecular complexity index is 167. The lowest BCUT2D eigenvalue weighted by Crippen LogP contribution is -1.83. The molecule has 0 bridgehead atoms. The highest BCUT2D eigenvalue weighted by molar-refractivity contribution is 14.0. The van der Waals surface area contributed by atoms with Crippen LogP contribution in [0.25, 0.3) is 0 Å². The molecular formula is C9H13I. The van der Waals surface area contributed by atoms with Gasteiger partial charge in [0.25, 0.3) is 0 Å². The summed E-state index contributed by atoms with van der Waals surface area (Å²) in [5.74, 6) is 0.659. The fourth-order valence-corrected chi connectivity index (χ4v) is 0.838. The van der Waals surface area contributed by atoms with Crippen LogP contribution in [-0.4, -0.2) is 0 Å². The molecular weight excluding hydrogens is 235 g/mol. The normalized spacial score (nSPS) is 9.10. The van der Waals surface area contributed by atoms with Crippen LogP contribution in [-0.2, 0) is 0 Å². The van der Waals surface area contributed by atoms with Crippen LogP contribution < -0.4 is 0 Å². The van der Waals surface area contributed by atoms with Gasteiger partial charge in [-0.15, -0.1) is 24.0 Å². The quantitative estimate of drug-likeness (QED) is 0.668. The topological polar surface area (TPSA) is 0 Å². The molecule has 1 aromatic carbocycles. The van der Waals surface area contributed by atoms with E-state index in [9.17, 15) is 0 Å². The fraction of sp³-hybridized carbons (Fsp3) is 0.333. The van der Waals surface area contributed by atoms with Crippen molar-refractivity contribution in [1.82, 2.24) is 0 Å². The maximum atomic E-state index is 2.20. The van der Waals surface area contributed by atoms with E-state index < -0.39 is 0 Å². The van der Waals surface area contributed by atoms with E-state index in [1.807, 2.05) is 6.07 Å². The molecule has 0 heterocycles. The molecule has 0 atom stereocenters. The minimum absolute atomic E-state index is 0. The van der Waals surface area contributed by atoms with Crippen molar-refractivity contribution in [1.29, 1.82) is 0 Å². The third-order valence-corrected chi connectivity index (χ3v) is 1.47. The Morgan fingerprint density at radius 3 is 1.80 bits per heavy atom. The number of halogens is 1. The van der Waals surface area contributed by atoms with Crippen LogP contribution in [0.3, 0.4) is 0 Å². The fourth-order valence-electron chi connectivity index (χ4n) is 0.838. The highest BCUT2D eigenvalue weighted by Crippen LogP contribution is 2.11. The summed E-state index contributed by atoms with van der Waals surface area (Å²) in [6, 6.07) is 10.5. The van der Waals surface area contributed by atoms with E-state index in [-0.39, 0.29) is 24.0 Å². The zero-order valence-electron chi connectivity index (χ0n) is 6.37. The maximum Gasteiger partial charge on any atom is -0.0219 e. The Morgan fingerprint density at radius 1 is 1.00 bits per heavy atom. The largest absolute Gasteiger partial charge is 0.107 e. The van der Waals surface area contributed by atoms with Crippen LogP contribution in [0.4, 0.5) is 0 Å². The molecule has 0 aliphatic rings. The smallest absolute Gasteiger partial charge is 0.0219 e. The molecule has 56 valence electrons. The van der Waals surface area contributed by atoms with Gasteiger partial charge in [-0.3, -0.25) is 0 Å². The molecule has 0 N–H and O–H groups in total. The molecule has 0 radical (unpaired) electrons.